The zero-order valence-corrected chi connectivity index (χ0v) is 10.9. The second-order valence-electron chi connectivity index (χ2n) is 4.26. The molecule has 2 N–H and O–H groups in total. The number of aryl methyl sites for hydroxylation is 1. The molecule has 0 bridgehead atoms. The van der Waals surface area contributed by atoms with E-state index in [9.17, 15) is 8.42 Å². The van der Waals surface area contributed by atoms with Crippen molar-refractivity contribution in [2.45, 2.75) is 24.0 Å². The molecule has 8 heteroatoms. The maximum Gasteiger partial charge on any atom is 0.259 e. The van der Waals surface area contributed by atoms with Gasteiger partial charge in [-0.2, -0.15) is 5.10 Å². The number of aliphatic hydroxyl groups is 1. The summed E-state index contributed by atoms with van der Waals surface area (Å²) in [6.45, 7) is 0.320. The Kier molecular flexibility index (Phi) is 3.44. The summed E-state index contributed by atoms with van der Waals surface area (Å²) in [6.07, 6.45) is 2.29. The Bertz CT molecular complexity index is 488. The van der Waals surface area contributed by atoms with Crippen molar-refractivity contribution in [3.8, 4) is 0 Å². The Hall–Kier alpha value is -0.630. The molecule has 6 nitrogen and oxygen atoms in total. The Balaban J connectivity index is 2.04. The Morgan fingerprint density at radius 3 is 2.76 bits per heavy atom. The summed E-state index contributed by atoms with van der Waals surface area (Å²) in [5, 5.41) is 13.0. The lowest BCUT2D eigenvalue weighted by atomic mass is 9.83. The lowest BCUT2D eigenvalue weighted by molar-refractivity contribution is 0.0453. The molecule has 0 atom stereocenters. The van der Waals surface area contributed by atoms with E-state index in [-0.39, 0.29) is 22.1 Å². The monoisotopic (exact) mass is 279 g/mol. The number of hydrogen-bond donors (Lipinski definition) is 2. The van der Waals surface area contributed by atoms with E-state index in [1.165, 1.54) is 17.9 Å². The van der Waals surface area contributed by atoms with E-state index in [1.807, 2.05) is 0 Å². The maximum absolute atomic E-state index is 11.9. The van der Waals surface area contributed by atoms with Crippen LogP contribution in [0.25, 0.3) is 0 Å². The lowest BCUT2D eigenvalue weighted by Crippen LogP contribution is -2.38. The molecule has 0 amide bonds. The van der Waals surface area contributed by atoms with Crippen LogP contribution >= 0.6 is 11.6 Å². The molecule has 1 aromatic rings. The normalized spacial score (nSPS) is 24.6. The second-order valence-corrected chi connectivity index (χ2v) is 6.35. The molecule has 0 spiro atoms. The van der Waals surface area contributed by atoms with Gasteiger partial charge in [0.15, 0.2) is 5.03 Å². The number of hydrogen-bond acceptors (Lipinski definition) is 4. The maximum atomic E-state index is 11.9. The predicted molar refractivity (Wildman–Crippen MR) is 62.1 cm³/mol. The quantitative estimate of drug-likeness (QED) is 0.820. The van der Waals surface area contributed by atoms with Gasteiger partial charge in [-0.25, -0.2) is 13.1 Å². The van der Waals surface area contributed by atoms with Crippen LogP contribution in [0.3, 0.4) is 0 Å². The van der Waals surface area contributed by atoms with Crippen molar-refractivity contribution in [3.05, 3.63) is 11.2 Å². The standard InChI is InChI=1S/C9H14ClN3O3S/c1-13-9(8(10)5-11-13)17(15,16)12-4-6-2-7(14)3-6/h5-7,12,14H,2-4H2,1H3. The summed E-state index contributed by atoms with van der Waals surface area (Å²) in [5.74, 6) is 0.201. The summed E-state index contributed by atoms with van der Waals surface area (Å²) >= 11 is 5.77. The molecule has 0 saturated heterocycles. The van der Waals surface area contributed by atoms with Crippen LogP contribution in [-0.4, -0.2) is 36.0 Å². The van der Waals surface area contributed by atoms with Crippen molar-refractivity contribution >= 4 is 21.6 Å². The highest BCUT2D eigenvalue weighted by Crippen LogP contribution is 2.27. The van der Waals surface area contributed by atoms with Crippen molar-refractivity contribution < 1.29 is 13.5 Å². The fourth-order valence-corrected chi connectivity index (χ4v) is 3.63. The van der Waals surface area contributed by atoms with Crippen LogP contribution < -0.4 is 4.72 Å². The van der Waals surface area contributed by atoms with Crippen LogP contribution in [0.2, 0.25) is 5.02 Å². The Morgan fingerprint density at radius 1 is 1.65 bits per heavy atom. The average molecular weight is 280 g/mol. The summed E-state index contributed by atoms with van der Waals surface area (Å²) in [5.41, 5.74) is 0. The van der Waals surface area contributed by atoms with Gasteiger partial charge in [0.05, 0.1) is 17.3 Å². The SMILES string of the molecule is Cn1ncc(Cl)c1S(=O)(=O)NCC1CC(O)C1. The number of sulfonamides is 1. The fraction of sp³-hybridized carbons (Fsp3) is 0.667. The van der Waals surface area contributed by atoms with Crippen LogP contribution in [0, 0.1) is 5.92 Å². The first-order chi connectivity index (χ1) is 7.90. The molecule has 1 aliphatic rings. The largest absolute Gasteiger partial charge is 0.393 e. The number of aliphatic hydroxyl groups excluding tert-OH is 1. The third kappa shape index (κ3) is 2.62. The summed E-state index contributed by atoms with van der Waals surface area (Å²) in [6, 6.07) is 0. The average Bonchev–Trinajstić information content (AvgIpc) is 2.52. The zero-order valence-electron chi connectivity index (χ0n) is 9.30. The highest BCUT2D eigenvalue weighted by molar-refractivity contribution is 7.89. The first kappa shape index (κ1) is 12.8. The minimum atomic E-state index is -3.63. The van der Waals surface area contributed by atoms with E-state index in [0.717, 1.165) is 0 Å². The van der Waals surface area contributed by atoms with Crippen molar-refractivity contribution in [1.82, 2.24) is 14.5 Å². The Labute approximate surface area is 105 Å². The van der Waals surface area contributed by atoms with Gasteiger partial charge in [0.2, 0.25) is 0 Å². The van der Waals surface area contributed by atoms with Gasteiger partial charge in [-0.3, -0.25) is 4.68 Å². The molecular formula is C9H14ClN3O3S. The zero-order chi connectivity index (χ0) is 12.6. The van der Waals surface area contributed by atoms with E-state index in [4.69, 9.17) is 16.7 Å². The molecule has 0 radical (unpaired) electrons. The molecule has 96 valence electrons. The molecule has 1 aliphatic carbocycles. The van der Waals surface area contributed by atoms with Crippen LogP contribution in [0.1, 0.15) is 12.8 Å². The van der Waals surface area contributed by atoms with E-state index < -0.39 is 10.0 Å². The number of halogens is 1. The third-order valence-electron chi connectivity index (χ3n) is 2.87. The number of nitrogens with zero attached hydrogens (tertiary/aromatic N) is 2. The number of rotatable bonds is 4. The summed E-state index contributed by atoms with van der Waals surface area (Å²) in [4.78, 5) is 0. The van der Waals surface area contributed by atoms with Gasteiger partial charge in [-0.05, 0) is 18.8 Å². The number of aromatic nitrogens is 2. The van der Waals surface area contributed by atoms with Crippen molar-refractivity contribution in [1.29, 1.82) is 0 Å². The first-order valence-corrected chi connectivity index (χ1v) is 7.11. The molecule has 17 heavy (non-hydrogen) atoms. The lowest BCUT2D eigenvalue weighted by Gasteiger charge is -2.31. The molecule has 1 saturated carbocycles. The molecule has 1 aromatic heterocycles. The number of nitrogens with one attached hydrogen (secondary N) is 1. The van der Waals surface area contributed by atoms with Gasteiger partial charge in [-0.1, -0.05) is 11.6 Å². The van der Waals surface area contributed by atoms with E-state index >= 15 is 0 Å². The van der Waals surface area contributed by atoms with E-state index in [0.29, 0.717) is 19.4 Å². The highest BCUT2D eigenvalue weighted by Gasteiger charge is 2.30. The van der Waals surface area contributed by atoms with Crippen LogP contribution in [0.5, 0.6) is 0 Å². The second kappa shape index (κ2) is 4.56. The van der Waals surface area contributed by atoms with Gasteiger partial charge < -0.3 is 5.11 Å². The molecule has 2 rings (SSSR count). The van der Waals surface area contributed by atoms with Crippen LogP contribution in [-0.2, 0) is 17.1 Å². The minimum Gasteiger partial charge on any atom is -0.393 e. The van der Waals surface area contributed by atoms with Crippen molar-refractivity contribution in [2.75, 3.05) is 6.54 Å². The summed E-state index contributed by atoms with van der Waals surface area (Å²) < 4.78 is 27.6. The fourth-order valence-electron chi connectivity index (χ4n) is 1.86. The molecule has 0 unspecified atom stereocenters. The smallest absolute Gasteiger partial charge is 0.259 e. The first-order valence-electron chi connectivity index (χ1n) is 5.25. The third-order valence-corrected chi connectivity index (χ3v) is 4.80. The highest BCUT2D eigenvalue weighted by atomic mass is 35.5. The van der Waals surface area contributed by atoms with Gasteiger partial charge >= 0.3 is 0 Å². The summed E-state index contributed by atoms with van der Waals surface area (Å²) in [7, 11) is -2.11. The van der Waals surface area contributed by atoms with E-state index in [2.05, 4.69) is 9.82 Å². The molecule has 0 aromatic carbocycles. The molecule has 1 fully saturated rings. The van der Waals surface area contributed by atoms with Gasteiger partial charge in [0, 0.05) is 13.6 Å². The van der Waals surface area contributed by atoms with Crippen LogP contribution in [0.15, 0.2) is 11.2 Å². The molecule has 0 aliphatic heterocycles. The van der Waals surface area contributed by atoms with Gasteiger partial charge in [-0.15, -0.1) is 0 Å². The van der Waals surface area contributed by atoms with Gasteiger partial charge in [0.1, 0.15) is 0 Å². The molecule has 1 heterocycles. The van der Waals surface area contributed by atoms with Crippen LogP contribution in [0.4, 0.5) is 0 Å². The molecular weight excluding hydrogens is 266 g/mol. The predicted octanol–water partition coefficient (Wildman–Crippen LogP) is 0.123. The Morgan fingerprint density at radius 2 is 2.29 bits per heavy atom. The topological polar surface area (TPSA) is 84.2 Å². The minimum absolute atomic E-state index is 0.0287. The van der Waals surface area contributed by atoms with E-state index in [1.54, 1.807) is 0 Å². The van der Waals surface area contributed by atoms with Gasteiger partial charge in [0.25, 0.3) is 10.0 Å². The van der Waals surface area contributed by atoms with Crippen molar-refractivity contribution in [2.24, 2.45) is 13.0 Å². The van der Waals surface area contributed by atoms with Crippen molar-refractivity contribution in [3.63, 3.8) is 0 Å².